The van der Waals surface area contributed by atoms with Crippen LogP contribution in [0.5, 0.6) is 0 Å². The van der Waals surface area contributed by atoms with Gasteiger partial charge in [0, 0.05) is 0 Å². The molecule has 0 fully saturated rings. The van der Waals surface area contributed by atoms with Gasteiger partial charge in [-0.3, -0.25) is 4.79 Å². The van der Waals surface area contributed by atoms with E-state index in [4.69, 9.17) is 5.11 Å². The Morgan fingerprint density at radius 1 is 1.78 bits per heavy atom. The van der Waals surface area contributed by atoms with Crippen LogP contribution in [-0.2, 0) is 4.79 Å². The van der Waals surface area contributed by atoms with Gasteiger partial charge >= 0.3 is 0 Å². The summed E-state index contributed by atoms with van der Waals surface area (Å²) in [7, 11) is 0. The fraction of sp³-hybridized carbons (Fsp3) is 0.833. The van der Waals surface area contributed by atoms with E-state index in [0.29, 0.717) is 6.54 Å². The normalized spacial score (nSPS) is 13.2. The number of aliphatic hydroxyl groups excluding tert-OH is 1. The van der Waals surface area contributed by atoms with Gasteiger partial charge in [-0.25, -0.2) is 0 Å². The van der Waals surface area contributed by atoms with Crippen molar-refractivity contribution in [3.63, 3.8) is 0 Å². The molecule has 0 saturated heterocycles. The first kappa shape index (κ1) is 8.59. The highest BCUT2D eigenvalue weighted by atomic mass is 16.3. The number of nitrogens with one attached hydrogen (secondary N) is 1. The average Bonchev–Trinajstić information content (AvgIpc) is 1.82. The Balaban J connectivity index is 3.54. The van der Waals surface area contributed by atoms with Gasteiger partial charge in [-0.15, -0.1) is 0 Å². The molecule has 0 aromatic carbocycles. The minimum Gasteiger partial charge on any atom is -0.394 e. The topological polar surface area (TPSA) is 49.3 Å². The number of hydrogen-bond donors (Lipinski definition) is 2. The van der Waals surface area contributed by atoms with E-state index in [2.05, 4.69) is 5.32 Å². The fourth-order valence-corrected chi connectivity index (χ4v) is 0.583. The molecule has 0 heterocycles. The minimum atomic E-state index is -0.366. The molecule has 0 aromatic heterocycles. The molecule has 0 rings (SSSR count). The molecule has 2 N–H and O–H groups in total. The smallest absolute Gasteiger partial charge is 0.149 e. The Labute approximate surface area is 55.1 Å². The highest BCUT2D eigenvalue weighted by Crippen LogP contribution is 1.81. The zero-order chi connectivity index (χ0) is 7.28. The second-order valence-electron chi connectivity index (χ2n) is 1.90. The zero-order valence-electron chi connectivity index (χ0n) is 5.85. The maximum absolute atomic E-state index is 10.5. The molecule has 0 aromatic rings. The summed E-state index contributed by atoms with van der Waals surface area (Å²) in [6, 6.07) is -0.366. The van der Waals surface area contributed by atoms with Crippen LogP contribution < -0.4 is 5.32 Å². The Bertz CT molecular complexity index is 93.1. The predicted molar refractivity (Wildman–Crippen MR) is 35.2 cm³/mol. The number of likely N-dealkylation sites (N-methyl/N-ethyl adjacent to an activating group) is 1. The molecule has 0 amide bonds. The lowest BCUT2D eigenvalue weighted by atomic mass is 10.2. The lowest BCUT2D eigenvalue weighted by molar-refractivity contribution is -0.119. The summed E-state index contributed by atoms with van der Waals surface area (Å²) in [5.74, 6) is -0.0145. The van der Waals surface area contributed by atoms with E-state index >= 15 is 0 Å². The molecule has 0 radical (unpaired) electrons. The lowest BCUT2D eigenvalue weighted by Gasteiger charge is -2.09. The molecule has 3 nitrogen and oxygen atoms in total. The SMILES string of the molecule is CCN[C@@H](CO)C(C)=O. The van der Waals surface area contributed by atoms with E-state index in [1.807, 2.05) is 6.92 Å². The van der Waals surface area contributed by atoms with Crippen LogP contribution >= 0.6 is 0 Å². The number of Topliss-reactive ketones (excluding diaryl/α,β-unsaturated/α-hetero) is 1. The van der Waals surface area contributed by atoms with Crippen molar-refractivity contribution in [3.05, 3.63) is 0 Å². The first-order chi connectivity index (χ1) is 4.22. The highest BCUT2D eigenvalue weighted by Gasteiger charge is 2.08. The monoisotopic (exact) mass is 131 g/mol. The van der Waals surface area contributed by atoms with Gasteiger partial charge in [0.1, 0.15) is 5.78 Å². The molecule has 0 unspecified atom stereocenters. The number of hydrogen-bond acceptors (Lipinski definition) is 3. The van der Waals surface area contributed by atoms with E-state index in [0.717, 1.165) is 0 Å². The summed E-state index contributed by atoms with van der Waals surface area (Å²) in [6.45, 7) is 3.96. The van der Waals surface area contributed by atoms with Gasteiger partial charge in [-0.05, 0) is 13.5 Å². The van der Waals surface area contributed by atoms with Gasteiger partial charge in [-0.2, -0.15) is 0 Å². The quantitative estimate of drug-likeness (QED) is 0.543. The van der Waals surface area contributed by atoms with Gasteiger partial charge in [0.25, 0.3) is 0 Å². The van der Waals surface area contributed by atoms with Crippen molar-refractivity contribution in [2.45, 2.75) is 19.9 Å². The Hall–Kier alpha value is -0.410. The lowest BCUT2D eigenvalue weighted by Crippen LogP contribution is -2.38. The van der Waals surface area contributed by atoms with Crippen LogP contribution in [0.15, 0.2) is 0 Å². The van der Waals surface area contributed by atoms with Crippen LogP contribution in [-0.4, -0.2) is 30.1 Å². The molecule has 0 spiro atoms. The fourth-order valence-electron chi connectivity index (χ4n) is 0.583. The molecule has 9 heavy (non-hydrogen) atoms. The van der Waals surface area contributed by atoms with Crippen molar-refractivity contribution >= 4 is 5.78 Å². The summed E-state index contributed by atoms with van der Waals surface area (Å²) in [4.78, 5) is 10.5. The molecular formula is C6H13NO2. The minimum absolute atomic E-state index is 0.0145. The van der Waals surface area contributed by atoms with Crippen molar-refractivity contribution in [2.75, 3.05) is 13.2 Å². The van der Waals surface area contributed by atoms with Crippen LogP contribution in [0, 0.1) is 0 Å². The molecule has 0 bridgehead atoms. The largest absolute Gasteiger partial charge is 0.394 e. The summed E-state index contributed by atoms with van der Waals surface area (Å²) in [5.41, 5.74) is 0. The zero-order valence-corrected chi connectivity index (χ0v) is 5.85. The van der Waals surface area contributed by atoms with Gasteiger partial charge < -0.3 is 10.4 Å². The van der Waals surface area contributed by atoms with Gasteiger partial charge in [0.15, 0.2) is 0 Å². The summed E-state index contributed by atoms with van der Waals surface area (Å²) >= 11 is 0. The molecule has 0 aliphatic heterocycles. The Morgan fingerprint density at radius 3 is 2.44 bits per heavy atom. The van der Waals surface area contributed by atoms with Crippen molar-refractivity contribution in [1.82, 2.24) is 5.32 Å². The van der Waals surface area contributed by atoms with Crippen LogP contribution in [0.2, 0.25) is 0 Å². The van der Waals surface area contributed by atoms with Crippen LogP contribution in [0.25, 0.3) is 0 Å². The average molecular weight is 131 g/mol. The van der Waals surface area contributed by atoms with E-state index < -0.39 is 0 Å². The number of carbonyl (C=O) groups excluding carboxylic acids is 1. The molecule has 54 valence electrons. The van der Waals surface area contributed by atoms with Gasteiger partial charge in [0.2, 0.25) is 0 Å². The first-order valence-corrected chi connectivity index (χ1v) is 3.07. The van der Waals surface area contributed by atoms with Gasteiger partial charge in [-0.1, -0.05) is 6.92 Å². The van der Waals surface area contributed by atoms with Crippen molar-refractivity contribution < 1.29 is 9.90 Å². The maximum Gasteiger partial charge on any atom is 0.149 e. The van der Waals surface area contributed by atoms with E-state index in [-0.39, 0.29) is 18.4 Å². The molecule has 0 aliphatic rings. The number of ketones is 1. The molecule has 1 atom stereocenters. The molecule has 0 saturated carbocycles. The second-order valence-corrected chi connectivity index (χ2v) is 1.90. The van der Waals surface area contributed by atoms with Crippen molar-refractivity contribution in [1.29, 1.82) is 0 Å². The van der Waals surface area contributed by atoms with Crippen molar-refractivity contribution in [3.8, 4) is 0 Å². The standard InChI is InChI=1S/C6H13NO2/c1-3-7-6(4-8)5(2)9/h6-8H,3-4H2,1-2H3/t6-/m0/s1. The molecular weight excluding hydrogens is 118 g/mol. The number of carbonyl (C=O) groups is 1. The maximum atomic E-state index is 10.5. The van der Waals surface area contributed by atoms with Crippen LogP contribution in [0.1, 0.15) is 13.8 Å². The van der Waals surface area contributed by atoms with E-state index in [9.17, 15) is 4.79 Å². The van der Waals surface area contributed by atoms with Gasteiger partial charge in [0.05, 0.1) is 12.6 Å². The number of aliphatic hydroxyl groups is 1. The first-order valence-electron chi connectivity index (χ1n) is 3.07. The van der Waals surface area contributed by atoms with E-state index in [1.54, 1.807) is 0 Å². The van der Waals surface area contributed by atoms with Crippen molar-refractivity contribution in [2.24, 2.45) is 0 Å². The van der Waals surface area contributed by atoms with Crippen LogP contribution in [0.4, 0.5) is 0 Å². The van der Waals surface area contributed by atoms with Crippen LogP contribution in [0.3, 0.4) is 0 Å². The second kappa shape index (κ2) is 4.47. The predicted octanol–water partition coefficient (Wildman–Crippen LogP) is -0.454. The summed E-state index contributed by atoms with van der Waals surface area (Å²) in [5, 5.41) is 11.4. The van der Waals surface area contributed by atoms with E-state index in [1.165, 1.54) is 6.92 Å². The highest BCUT2D eigenvalue weighted by molar-refractivity contribution is 5.81. The third kappa shape index (κ3) is 3.21. The Morgan fingerprint density at radius 2 is 2.33 bits per heavy atom. The third-order valence-corrected chi connectivity index (χ3v) is 1.12. The summed E-state index contributed by atoms with van der Waals surface area (Å²) < 4.78 is 0. The summed E-state index contributed by atoms with van der Waals surface area (Å²) in [6.07, 6.45) is 0. The number of rotatable bonds is 4. The molecule has 0 aliphatic carbocycles. The third-order valence-electron chi connectivity index (χ3n) is 1.12. The Kier molecular flexibility index (Phi) is 4.26. The molecule has 3 heteroatoms.